The third kappa shape index (κ3) is 3.61. The molecule has 23 heavy (non-hydrogen) atoms. The molecule has 0 unspecified atom stereocenters. The van der Waals surface area contributed by atoms with E-state index in [1.54, 1.807) is 11.3 Å². The quantitative estimate of drug-likeness (QED) is 0.774. The SMILES string of the molecule is CCn1c(SCC(=O)N2CCCC[C@H]2C)nnc1-c1cccs1. The van der Waals surface area contributed by atoms with E-state index in [4.69, 9.17) is 0 Å². The number of piperidine rings is 1. The third-order valence-corrected chi connectivity index (χ3v) is 6.04. The first kappa shape index (κ1) is 16.5. The van der Waals surface area contributed by atoms with Crippen LogP contribution in [-0.2, 0) is 11.3 Å². The predicted octanol–water partition coefficient (Wildman–Crippen LogP) is 3.52. The van der Waals surface area contributed by atoms with Crippen LogP contribution in [0.25, 0.3) is 10.7 Å². The molecule has 2 aromatic rings. The largest absolute Gasteiger partial charge is 0.339 e. The van der Waals surface area contributed by atoms with Crippen molar-refractivity contribution in [3.05, 3.63) is 17.5 Å². The summed E-state index contributed by atoms with van der Waals surface area (Å²) in [4.78, 5) is 15.6. The van der Waals surface area contributed by atoms with Crippen molar-refractivity contribution >= 4 is 29.0 Å². The number of likely N-dealkylation sites (tertiary alicyclic amines) is 1. The molecule has 7 heteroatoms. The van der Waals surface area contributed by atoms with Crippen molar-refractivity contribution < 1.29 is 4.79 Å². The van der Waals surface area contributed by atoms with Crippen LogP contribution in [0.2, 0.25) is 0 Å². The van der Waals surface area contributed by atoms with Gasteiger partial charge in [0.2, 0.25) is 5.91 Å². The lowest BCUT2D eigenvalue weighted by molar-refractivity contribution is -0.131. The van der Waals surface area contributed by atoms with E-state index >= 15 is 0 Å². The van der Waals surface area contributed by atoms with E-state index in [2.05, 4.69) is 34.7 Å². The first-order chi connectivity index (χ1) is 11.2. The van der Waals surface area contributed by atoms with Gasteiger partial charge >= 0.3 is 0 Å². The first-order valence-electron chi connectivity index (χ1n) is 8.10. The summed E-state index contributed by atoms with van der Waals surface area (Å²) in [5.41, 5.74) is 0. The fraction of sp³-hybridized carbons (Fsp3) is 0.562. The van der Waals surface area contributed by atoms with E-state index in [9.17, 15) is 4.79 Å². The summed E-state index contributed by atoms with van der Waals surface area (Å²) < 4.78 is 2.09. The predicted molar refractivity (Wildman–Crippen MR) is 94.8 cm³/mol. The van der Waals surface area contributed by atoms with Crippen LogP contribution in [0.15, 0.2) is 22.7 Å². The number of nitrogens with zero attached hydrogens (tertiary/aromatic N) is 4. The molecule has 3 rings (SSSR count). The number of hydrogen-bond donors (Lipinski definition) is 0. The van der Waals surface area contributed by atoms with E-state index in [1.165, 1.54) is 18.2 Å². The zero-order chi connectivity index (χ0) is 16.2. The molecule has 0 aliphatic carbocycles. The second kappa shape index (κ2) is 7.49. The van der Waals surface area contributed by atoms with Gasteiger partial charge in [0.05, 0.1) is 10.6 Å². The van der Waals surface area contributed by atoms with Crippen LogP contribution in [0.1, 0.15) is 33.1 Å². The first-order valence-corrected chi connectivity index (χ1v) is 9.96. The van der Waals surface area contributed by atoms with Gasteiger partial charge in [-0.15, -0.1) is 21.5 Å². The molecule has 1 atom stereocenters. The van der Waals surface area contributed by atoms with Crippen LogP contribution >= 0.6 is 23.1 Å². The zero-order valence-electron chi connectivity index (χ0n) is 13.6. The van der Waals surface area contributed by atoms with Gasteiger partial charge < -0.3 is 9.47 Å². The minimum Gasteiger partial charge on any atom is -0.339 e. The number of carbonyl (C=O) groups excluding carboxylic acids is 1. The van der Waals surface area contributed by atoms with Crippen molar-refractivity contribution in [2.75, 3.05) is 12.3 Å². The van der Waals surface area contributed by atoms with Gasteiger partial charge in [0.15, 0.2) is 11.0 Å². The summed E-state index contributed by atoms with van der Waals surface area (Å²) >= 11 is 3.15. The molecule has 2 aromatic heterocycles. The van der Waals surface area contributed by atoms with Gasteiger partial charge in [0, 0.05) is 19.1 Å². The average Bonchev–Trinajstić information content (AvgIpc) is 3.21. The van der Waals surface area contributed by atoms with E-state index in [-0.39, 0.29) is 5.91 Å². The zero-order valence-corrected chi connectivity index (χ0v) is 15.2. The van der Waals surface area contributed by atoms with Gasteiger partial charge in [0.25, 0.3) is 0 Å². The molecule has 0 aromatic carbocycles. The molecular formula is C16H22N4OS2. The highest BCUT2D eigenvalue weighted by Gasteiger charge is 2.24. The Balaban J connectivity index is 1.67. The number of rotatable bonds is 5. The van der Waals surface area contributed by atoms with E-state index in [0.29, 0.717) is 11.8 Å². The molecule has 124 valence electrons. The standard InChI is InChI=1S/C16H22N4OS2/c1-3-19-15(13-8-6-10-22-13)17-18-16(19)23-11-14(21)20-9-5-4-7-12(20)2/h6,8,10,12H,3-5,7,9,11H2,1-2H3/t12-/m1/s1. The summed E-state index contributed by atoms with van der Waals surface area (Å²) in [5.74, 6) is 1.54. The topological polar surface area (TPSA) is 51.0 Å². The summed E-state index contributed by atoms with van der Waals surface area (Å²) in [6.07, 6.45) is 3.46. The van der Waals surface area contributed by atoms with Gasteiger partial charge in [-0.3, -0.25) is 4.79 Å². The lowest BCUT2D eigenvalue weighted by Gasteiger charge is -2.33. The van der Waals surface area contributed by atoms with Crippen molar-refractivity contribution in [1.29, 1.82) is 0 Å². The lowest BCUT2D eigenvalue weighted by atomic mass is 10.0. The Bertz CT molecular complexity index is 653. The van der Waals surface area contributed by atoms with Crippen LogP contribution in [0.4, 0.5) is 0 Å². The fourth-order valence-corrected chi connectivity index (χ4v) is 4.55. The molecule has 0 saturated carbocycles. The van der Waals surface area contributed by atoms with E-state index < -0.39 is 0 Å². The van der Waals surface area contributed by atoms with Crippen LogP contribution in [-0.4, -0.2) is 43.9 Å². The monoisotopic (exact) mass is 350 g/mol. The van der Waals surface area contributed by atoms with Gasteiger partial charge in [-0.05, 0) is 44.6 Å². The molecule has 0 radical (unpaired) electrons. The Kier molecular flexibility index (Phi) is 5.38. The van der Waals surface area contributed by atoms with Crippen LogP contribution in [0.5, 0.6) is 0 Å². The number of amides is 1. The fourth-order valence-electron chi connectivity index (χ4n) is 2.95. The summed E-state index contributed by atoms with van der Waals surface area (Å²) in [6, 6.07) is 4.43. The molecule has 0 N–H and O–H groups in total. The lowest BCUT2D eigenvalue weighted by Crippen LogP contribution is -2.43. The number of hydrogen-bond acceptors (Lipinski definition) is 5. The van der Waals surface area contributed by atoms with Crippen molar-refractivity contribution in [3.63, 3.8) is 0 Å². The van der Waals surface area contributed by atoms with Crippen molar-refractivity contribution in [1.82, 2.24) is 19.7 Å². The van der Waals surface area contributed by atoms with Gasteiger partial charge in [-0.1, -0.05) is 17.8 Å². The summed E-state index contributed by atoms with van der Waals surface area (Å²) in [7, 11) is 0. The smallest absolute Gasteiger partial charge is 0.233 e. The van der Waals surface area contributed by atoms with Gasteiger partial charge in [-0.2, -0.15) is 0 Å². The minimum atomic E-state index is 0.213. The number of carbonyl (C=O) groups is 1. The van der Waals surface area contributed by atoms with Crippen molar-refractivity contribution in [2.45, 2.75) is 50.9 Å². The van der Waals surface area contributed by atoms with Crippen LogP contribution in [0.3, 0.4) is 0 Å². The Morgan fingerprint density at radius 1 is 1.43 bits per heavy atom. The Hall–Kier alpha value is -1.34. The number of aromatic nitrogens is 3. The minimum absolute atomic E-state index is 0.213. The molecule has 0 bridgehead atoms. The normalized spacial score (nSPS) is 18.3. The highest BCUT2D eigenvalue weighted by molar-refractivity contribution is 7.99. The summed E-state index contributed by atoms with van der Waals surface area (Å²) in [5, 5.41) is 11.5. The van der Waals surface area contributed by atoms with E-state index in [0.717, 1.165) is 41.8 Å². The van der Waals surface area contributed by atoms with Crippen LogP contribution < -0.4 is 0 Å². The molecule has 1 aliphatic rings. The third-order valence-electron chi connectivity index (χ3n) is 4.22. The highest BCUT2D eigenvalue weighted by atomic mass is 32.2. The molecule has 1 fully saturated rings. The van der Waals surface area contributed by atoms with Crippen molar-refractivity contribution in [2.24, 2.45) is 0 Å². The molecule has 0 spiro atoms. The molecule has 1 amide bonds. The second-order valence-electron chi connectivity index (χ2n) is 5.75. The van der Waals surface area contributed by atoms with Crippen LogP contribution in [0, 0.1) is 0 Å². The highest BCUT2D eigenvalue weighted by Crippen LogP contribution is 2.27. The second-order valence-corrected chi connectivity index (χ2v) is 7.64. The average molecular weight is 351 g/mol. The summed E-state index contributed by atoms with van der Waals surface area (Å²) in [6.45, 7) is 5.92. The number of thioether (sulfide) groups is 1. The Morgan fingerprint density at radius 3 is 3.00 bits per heavy atom. The molecule has 3 heterocycles. The molecular weight excluding hydrogens is 328 g/mol. The van der Waals surface area contributed by atoms with Gasteiger partial charge in [-0.25, -0.2) is 0 Å². The Morgan fingerprint density at radius 2 is 2.30 bits per heavy atom. The van der Waals surface area contributed by atoms with Gasteiger partial charge in [0.1, 0.15) is 0 Å². The molecule has 1 saturated heterocycles. The maximum absolute atomic E-state index is 12.5. The number of thiophene rings is 1. The maximum atomic E-state index is 12.5. The maximum Gasteiger partial charge on any atom is 0.233 e. The Labute approximate surface area is 145 Å². The molecule has 5 nitrogen and oxygen atoms in total. The van der Waals surface area contributed by atoms with E-state index in [1.807, 2.05) is 16.3 Å². The van der Waals surface area contributed by atoms with Crippen molar-refractivity contribution in [3.8, 4) is 10.7 Å². The molecule has 1 aliphatic heterocycles.